The van der Waals surface area contributed by atoms with Crippen LogP contribution >= 0.6 is 23.2 Å². The van der Waals surface area contributed by atoms with Crippen molar-refractivity contribution in [3.63, 3.8) is 0 Å². The van der Waals surface area contributed by atoms with E-state index >= 15 is 0 Å². The molecular formula is C23H23Cl2NO4. The average Bonchev–Trinajstić information content (AvgIpc) is 2.86. The quantitative estimate of drug-likeness (QED) is 0.497. The Bertz CT molecular complexity index is 1040. The highest BCUT2D eigenvalue weighted by molar-refractivity contribution is 6.42. The number of benzene rings is 2. The van der Waals surface area contributed by atoms with E-state index in [2.05, 4.69) is 0 Å². The largest absolute Gasteiger partial charge is 0.490 e. The number of hydrogen-bond donors (Lipinski definition) is 0. The predicted octanol–water partition coefficient (Wildman–Crippen LogP) is 6.60. The Morgan fingerprint density at radius 1 is 1.07 bits per heavy atom. The van der Waals surface area contributed by atoms with Gasteiger partial charge in [-0.1, -0.05) is 29.3 Å². The van der Waals surface area contributed by atoms with Crippen molar-refractivity contribution in [2.24, 2.45) is 0 Å². The molecule has 0 radical (unpaired) electrons. The van der Waals surface area contributed by atoms with Crippen LogP contribution in [0.4, 0.5) is 10.5 Å². The number of nitrogens with zero attached hydrogens (tertiary/aromatic N) is 1. The first kappa shape index (κ1) is 22.2. The molecule has 2 aromatic carbocycles. The number of halogens is 2. The molecule has 0 fully saturated rings. The molecule has 0 unspecified atom stereocenters. The van der Waals surface area contributed by atoms with Gasteiger partial charge < -0.3 is 9.47 Å². The molecule has 0 N–H and O–H groups in total. The molecule has 2 amide bonds. The van der Waals surface area contributed by atoms with Gasteiger partial charge in [0.2, 0.25) is 0 Å². The van der Waals surface area contributed by atoms with Gasteiger partial charge in [0.25, 0.3) is 5.91 Å². The number of anilines is 1. The van der Waals surface area contributed by atoms with Crippen molar-refractivity contribution in [1.82, 2.24) is 0 Å². The third kappa shape index (κ3) is 4.79. The number of fused-ring (bicyclic) bond motifs is 1. The molecule has 0 bridgehead atoms. The fraction of sp³-hybridized carbons (Fsp3) is 0.304. The van der Waals surface area contributed by atoms with Gasteiger partial charge in [-0.05, 0) is 71.0 Å². The van der Waals surface area contributed by atoms with Crippen molar-refractivity contribution < 1.29 is 19.1 Å². The first-order valence-electron chi connectivity index (χ1n) is 9.51. The Hall–Kier alpha value is -2.50. The Morgan fingerprint density at radius 2 is 1.70 bits per heavy atom. The second-order valence-electron chi connectivity index (χ2n) is 8.19. The fourth-order valence-corrected chi connectivity index (χ4v) is 3.39. The average molecular weight is 448 g/mol. The lowest BCUT2D eigenvalue weighted by Crippen LogP contribution is -2.38. The molecule has 2 aromatic rings. The van der Waals surface area contributed by atoms with Crippen molar-refractivity contribution in [3.05, 3.63) is 57.6 Å². The Kier molecular flexibility index (Phi) is 6.16. The molecule has 0 atom stereocenters. The summed E-state index contributed by atoms with van der Waals surface area (Å²) in [6.45, 7) is 9.04. The number of ether oxygens (including phenoxy) is 2. The molecule has 7 heteroatoms. The number of amides is 2. The van der Waals surface area contributed by atoms with Crippen LogP contribution in [0.3, 0.4) is 0 Å². The van der Waals surface area contributed by atoms with Crippen LogP contribution in [-0.2, 0) is 9.53 Å². The molecule has 158 valence electrons. The topological polar surface area (TPSA) is 55.8 Å². The lowest BCUT2D eigenvalue weighted by atomic mass is 10.0. The molecule has 1 aliphatic heterocycles. The number of hydrogen-bond acceptors (Lipinski definition) is 4. The summed E-state index contributed by atoms with van der Waals surface area (Å²) >= 11 is 12.3. The van der Waals surface area contributed by atoms with Crippen molar-refractivity contribution in [1.29, 1.82) is 0 Å². The molecule has 0 saturated heterocycles. The maximum Gasteiger partial charge on any atom is 0.422 e. The monoisotopic (exact) mass is 447 g/mol. The zero-order valence-corrected chi connectivity index (χ0v) is 19.0. The molecule has 1 aliphatic rings. The maximum atomic E-state index is 13.3. The van der Waals surface area contributed by atoms with Crippen molar-refractivity contribution in [3.8, 4) is 5.75 Å². The van der Waals surface area contributed by atoms with Gasteiger partial charge in [-0.25, -0.2) is 9.69 Å². The normalized spacial score (nSPS) is 15.0. The second kappa shape index (κ2) is 8.32. The summed E-state index contributed by atoms with van der Waals surface area (Å²) < 4.78 is 11.3. The van der Waals surface area contributed by atoms with Gasteiger partial charge in [-0.15, -0.1) is 0 Å². The summed E-state index contributed by atoms with van der Waals surface area (Å²) in [6.07, 6.45) is 0.847. The molecule has 0 spiro atoms. The summed E-state index contributed by atoms with van der Waals surface area (Å²) in [7, 11) is 0. The predicted molar refractivity (Wildman–Crippen MR) is 120 cm³/mol. The van der Waals surface area contributed by atoms with Gasteiger partial charge in [-0.3, -0.25) is 4.79 Å². The highest BCUT2D eigenvalue weighted by Gasteiger charge is 2.39. The number of rotatable bonds is 3. The van der Waals surface area contributed by atoms with E-state index in [1.165, 1.54) is 0 Å². The SMILES string of the molecule is CC(C)Oc1ccc(Cl)cc1/C=C1/C(=O)N(C(=O)OC(C)(C)C)c2cc(Cl)ccc21. The van der Waals surface area contributed by atoms with E-state index in [4.69, 9.17) is 32.7 Å². The van der Waals surface area contributed by atoms with Crippen LogP contribution in [0.25, 0.3) is 11.6 Å². The Labute approximate surface area is 186 Å². The standard InChI is InChI=1S/C23H23Cl2NO4/c1-13(2)29-20-9-7-15(24)10-14(20)11-18-17-8-6-16(25)12-19(17)26(21(18)27)22(28)30-23(3,4)5/h6-13H,1-5H3/b18-11+. The second-order valence-corrected chi connectivity index (χ2v) is 9.06. The zero-order chi connectivity index (χ0) is 22.2. The van der Waals surface area contributed by atoms with E-state index in [1.54, 1.807) is 63.2 Å². The van der Waals surface area contributed by atoms with Crippen LogP contribution in [0.15, 0.2) is 36.4 Å². The first-order chi connectivity index (χ1) is 14.0. The third-order valence-electron chi connectivity index (χ3n) is 4.13. The number of carbonyl (C=O) groups excluding carboxylic acids is 2. The molecule has 3 rings (SSSR count). The summed E-state index contributed by atoms with van der Waals surface area (Å²) in [5.74, 6) is 0.0814. The first-order valence-corrected chi connectivity index (χ1v) is 10.3. The highest BCUT2D eigenvalue weighted by atomic mass is 35.5. The molecule has 0 aliphatic carbocycles. The smallest absolute Gasteiger partial charge is 0.422 e. The molecular weight excluding hydrogens is 425 g/mol. The van der Waals surface area contributed by atoms with Crippen molar-refractivity contribution >= 4 is 52.5 Å². The van der Waals surface area contributed by atoms with Gasteiger partial charge in [-0.2, -0.15) is 0 Å². The van der Waals surface area contributed by atoms with E-state index in [9.17, 15) is 9.59 Å². The Balaban J connectivity index is 2.13. The Morgan fingerprint density at radius 3 is 2.33 bits per heavy atom. The van der Waals surface area contributed by atoms with E-state index in [-0.39, 0.29) is 6.10 Å². The van der Waals surface area contributed by atoms with Gasteiger partial charge in [0.05, 0.1) is 17.4 Å². The van der Waals surface area contributed by atoms with Gasteiger partial charge in [0.1, 0.15) is 11.4 Å². The van der Waals surface area contributed by atoms with Crippen LogP contribution in [-0.4, -0.2) is 23.7 Å². The number of imide groups is 1. The van der Waals surface area contributed by atoms with Crippen molar-refractivity contribution in [2.75, 3.05) is 4.90 Å². The third-order valence-corrected chi connectivity index (χ3v) is 4.60. The van der Waals surface area contributed by atoms with E-state index in [1.807, 2.05) is 13.8 Å². The van der Waals surface area contributed by atoms with Crippen LogP contribution < -0.4 is 9.64 Å². The maximum absolute atomic E-state index is 13.3. The summed E-state index contributed by atoms with van der Waals surface area (Å²) in [6, 6.07) is 10.1. The molecule has 30 heavy (non-hydrogen) atoms. The van der Waals surface area contributed by atoms with Crippen LogP contribution in [0, 0.1) is 0 Å². The fourth-order valence-electron chi connectivity index (χ4n) is 3.04. The lowest BCUT2D eigenvalue weighted by molar-refractivity contribution is -0.112. The van der Waals surface area contributed by atoms with E-state index < -0.39 is 17.6 Å². The minimum atomic E-state index is -0.760. The molecule has 0 saturated carbocycles. The molecule has 0 aromatic heterocycles. The number of carbonyl (C=O) groups is 2. The van der Waals surface area contributed by atoms with Crippen LogP contribution in [0.2, 0.25) is 10.0 Å². The summed E-state index contributed by atoms with van der Waals surface area (Å²) in [5.41, 5.74) is 1.15. The highest BCUT2D eigenvalue weighted by Crippen LogP contribution is 2.41. The minimum Gasteiger partial charge on any atom is -0.490 e. The van der Waals surface area contributed by atoms with Crippen LogP contribution in [0.5, 0.6) is 5.75 Å². The van der Waals surface area contributed by atoms with Crippen LogP contribution in [0.1, 0.15) is 45.7 Å². The minimum absolute atomic E-state index is 0.0630. The zero-order valence-electron chi connectivity index (χ0n) is 17.5. The lowest BCUT2D eigenvalue weighted by Gasteiger charge is -2.23. The van der Waals surface area contributed by atoms with Crippen molar-refractivity contribution in [2.45, 2.75) is 46.3 Å². The van der Waals surface area contributed by atoms with Gasteiger partial charge in [0.15, 0.2) is 0 Å². The summed E-state index contributed by atoms with van der Waals surface area (Å²) in [5, 5.41) is 0.909. The van der Waals surface area contributed by atoms with E-state index in [0.717, 1.165) is 4.90 Å². The summed E-state index contributed by atoms with van der Waals surface area (Å²) in [4.78, 5) is 27.0. The molecule has 5 nitrogen and oxygen atoms in total. The van der Waals surface area contributed by atoms with Gasteiger partial charge in [0, 0.05) is 21.2 Å². The molecule has 1 heterocycles. The van der Waals surface area contributed by atoms with Gasteiger partial charge >= 0.3 is 6.09 Å². The van der Waals surface area contributed by atoms with E-state index in [0.29, 0.717) is 38.2 Å².